The highest BCUT2D eigenvalue weighted by Gasteiger charge is 2.12. The number of amides is 1. The minimum absolute atomic E-state index is 0.326. The SMILES string of the molecule is COCCOc1cc2nccc(Oc3ccc(NC(=O)Oc4ccccc4)cc3)c2cc1C#N. The molecule has 0 spiro atoms. The van der Waals surface area contributed by atoms with Crippen LogP contribution in [0.15, 0.2) is 79.0 Å². The number of anilines is 1. The maximum atomic E-state index is 12.1. The molecular weight excluding hydrogens is 434 g/mol. The van der Waals surface area contributed by atoms with Crippen molar-refractivity contribution >= 4 is 22.7 Å². The van der Waals surface area contributed by atoms with Crippen LogP contribution in [-0.2, 0) is 4.74 Å². The number of rotatable bonds is 8. The Hall–Kier alpha value is -4.61. The van der Waals surface area contributed by atoms with Crippen molar-refractivity contribution in [2.45, 2.75) is 0 Å². The van der Waals surface area contributed by atoms with Gasteiger partial charge in [-0.3, -0.25) is 10.3 Å². The standard InChI is InChI=1S/C26H21N3O5/c1-31-13-14-32-25-16-23-22(15-18(25)17-27)24(11-12-28-23)33-21-9-7-19(8-10-21)29-26(30)34-20-5-3-2-4-6-20/h2-12,15-16H,13-14H2,1H3,(H,29,30). The summed E-state index contributed by atoms with van der Waals surface area (Å²) in [7, 11) is 1.58. The van der Waals surface area contributed by atoms with E-state index in [-0.39, 0.29) is 0 Å². The molecule has 34 heavy (non-hydrogen) atoms. The normalized spacial score (nSPS) is 10.4. The Bertz CT molecular complexity index is 1320. The summed E-state index contributed by atoms with van der Waals surface area (Å²) in [5.41, 5.74) is 1.56. The molecule has 0 atom stereocenters. The maximum absolute atomic E-state index is 12.1. The number of nitriles is 1. The number of ether oxygens (including phenoxy) is 4. The summed E-state index contributed by atoms with van der Waals surface area (Å²) in [4.78, 5) is 16.4. The highest BCUT2D eigenvalue weighted by Crippen LogP contribution is 2.33. The van der Waals surface area contributed by atoms with Crippen molar-refractivity contribution in [1.82, 2.24) is 4.98 Å². The summed E-state index contributed by atoms with van der Waals surface area (Å²) >= 11 is 0. The number of nitrogens with zero attached hydrogens (tertiary/aromatic N) is 2. The predicted molar refractivity (Wildman–Crippen MR) is 126 cm³/mol. The molecule has 0 aliphatic rings. The van der Waals surface area contributed by atoms with E-state index in [9.17, 15) is 10.1 Å². The molecule has 170 valence electrons. The zero-order valence-electron chi connectivity index (χ0n) is 18.4. The van der Waals surface area contributed by atoms with Gasteiger partial charge in [0.1, 0.15) is 35.7 Å². The zero-order chi connectivity index (χ0) is 23.8. The lowest BCUT2D eigenvalue weighted by Crippen LogP contribution is -2.16. The van der Waals surface area contributed by atoms with Crippen molar-refractivity contribution in [3.63, 3.8) is 0 Å². The largest absolute Gasteiger partial charge is 0.490 e. The quantitative estimate of drug-likeness (QED) is 0.348. The number of para-hydroxylation sites is 1. The lowest BCUT2D eigenvalue weighted by Gasteiger charge is -2.12. The minimum Gasteiger partial charge on any atom is -0.490 e. The van der Waals surface area contributed by atoms with E-state index in [0.29, 0.717) is 58.4 Å². The van der Waals surface area contributed by atoms with Gasteiger partial charge in [0.05, 0.1) is 17.7 Å². The van der Waals surface area contributed by atoms with Crippen molar-refractivity contribution in [1.29, 1.82) is 5.26 Å². The molecule has 0 aliphatic heterocycles. The van der Waals surface area contributed by atoms with Crippen LogP contribution in [0.3, 0.4) is 0 Å². The third-order valence-corrected chi connectivity index (χ3v) is 4.75. The van der Waals surface area contributed by atoms with Crippen LogP contribution >= 0.6 is 0 Å². The molecule has 3 aromatic carbocycles. The van der Waals surface area contributed by atoms with E-state index >= 15 is 0 Å². The number of aromatic nitrogens is 1. The number of benzene rings is 3. The number of nitrogens with one attached hydrogen (secondary N) is 1. The second kappa shape index (κ2) is 10.8. The van der Waals surface area contributed by atoms with Crippen LogP contribution in [0.2, 0.25) is 0 Å². The lowest BCUT2D eigenvalue weighted by molar-refractivity contribution is 0.146. The molecule has 8 nitrogen and oxygen atoms in total. The van der Waals surface area contributed by atoms with Gasteiger partial charge in [-0.25, -0.2) is 4.79 Å². The fourth-order valence-electron chi connectivity index (χ4n) is 3.15. The second-order valence-corrected chi connectivity index (χ2v) is 7.08. The van der Waals surface area contributed by atoms with Gasteiger partial charge in [-0.2, -0.15) is 5.26 Å². The average Bonchev–Trinajstić information content (AvgIpc) is 2.85. The first kappa shape index (κ1) is 22.6. The summed E-state index contributed by atoms with van der Waals surface area (Å²) in [6, 6.07) is 22.9. The second-order valence-electron chi connectivity index (χ2n) is 7.08. The maximum Gasteiger partial charge on any atom is 0.417 e. The van der Waals surface area contributed by atoms with Crippen LogP contribution in [0.4, 0.5) is 10.5 Å². The topological polar surface area (TPSA) is 103 Å². The monoisotopic (exact) mass is 455 g/mol. The minimum atomic E-state index is -0.590. The number of fused-ring (bicyclic) bond motifs is 1. The molecular formula is C26H21N3O5. The van der Waals surface area contributed by atoms with Gasteiger partial charge >= 0.3 is 6.09 Å². The Morgan fingerprint density at radius 1 is 0.971 bits per heavy atom. The fourth-order valence-corrected chi connectivity index (χ4v) is 3.15. The molecule has 1 amide bonds. The number of pyridine rings is 1. The summed E-state index contributed by atoms with van der Waals surface area (Å²) < 4.78 is 21.9. The van der Waals surface area contributed by atoms with Crippen molar-refractivity contribution in [3.05, 3.63) is 84.6 Å². The van der Waals surface area contributed by atoms with Crippen molar-refractivity contribution in [2.24, 2.45) is 0 Å². The Morgan fingerprint density at radius 3 is 2.50 bits per heavy atom. The van der Waals surface area contributed by atoms with Gasteiger partial charge in [0, 0.05) is 30.4 Å². The highest BCUT2D eigenvalue weighted by molar-refractivity contribution is 5.88. The molecule has 8 heteroatoms. The van der Waals surface area contributed by atoms with Crippen LogP contribution in [0.25, 0.3) is 10.9 Å². The van der Waals surface area contributed by atoms with Gasteiger partial charge < -0.3 is 18.9 Å². The fraction of sp³-hybridized carbons (Fsp3) is 0.115. The van der Waals surface area contributed by atoms with Gasteiger partial charge in [0.2, 0.25) is 0 Å². The van der Waals surface area contributed by atoms with E-state index in [4.69, 9.17) is 18.9 Å². The summed E-state index contributed by atoms with van der Waals surface area (Å²) in [5, 5.41) is 12.9. The molecule has 0 saturated carbocycles. The first-order chi connectivity index (χ1) is 16.7. The molecule has 0 aliphatic carbocycles. The molecule has 0 bridgehead atoms. The molecule has 4 aromatic rings. The zero-order valence-corrected chi connectivity index (χ0v) is 18.4. The van der Waals surface area contributed by atoms with Crippen LogP contribution in [0, 0.1) is 11.3 Å². The summed E-state index contributed by atoms with van der Waals surface area (Å²) in [6.07, 6.45) is 1.03. The molecule has 1 N–H and O–H groups in total. The third-order valence-electron chi connectivity index (χ3n) is 4.75. The molecule has 0 radical (unpaired) electrons. The predicted octanol–water partition coefficient (Wildman–Crippen LogP) is 5.53. The molecule has 1 heterocycles. The van der Waals surface area contributed by atoms with E-state index in [1.54, 1.807) is 80.0 Å². The first-order valence-corrected chi connectivity index (χ1v) is 10.4. The van der Waals surface area contributed by atoms with E-state index < -0.39 is 6.09 Å². The average molecular weight is 455 g/mol. The Balaban J connectivity index is 1.47. The van der Waals surface area contributed by atoms with Crippen LogP contribution in [0.1, 0.15) is 5.56 Å². The number of carbonyl (C=O) groups excluding carboxylic acids is 1. The van der Waals surface area contributed by atoms with E-state index in [2.05, 4.69) is 16.4 Å². The Morgan fingerprint density at radius 2 is 1.76 bits per heavy atom. The number of hydrogen-bond donors (Lipinski definition) is 1. The Labute approximate surface area is 196 Å². The van der Waals surface area contributed by atoms with Gasteiger partial charge in [-0.05, 0) is 48.5 Å². The van der Waals surface area contributed by atoms with Crippen LogP contribution in [0.5, 0.6) is 23.0 Å². The molecule has 0 saturated heterocycles. The smallest absolute Gasteiger partial charge is 0.417 e. The third kappa shape index (κ3) is 5.59. The lowest BCUT2D eigenvalue weighted by atomic mass is 10.1. The Kier molecular flexibility index (Phi) is 7.18. The summed E-state index contributed by atoms with van der Waals surface area (Å²) in [6.45, 7) is 0.737. The van der Waals surface area contributed by atoms with E-state index in [1.807, 2.05) is 6.07 Å². The summed E-state index contributed by atoms with van der Waals surface area (Å²) in [5.74, 6) is 1.98. The van der Waals surface area contributed by atoms with Crippen LogP contribution in [-0.4, -0.2) is 31.4 Å². The van der Waals surface area contributed by atoms with Crippen molar-refractivity contribution < 1.29 is 23.7 Å². The molecule has 0 fully saturated rings. The van der Waals surface area contributed by atoms with E-state index in [0.717, 1.165) is 0 Å². The number of carbonyl (C=O) groups is 1. The molecule has 1 aromatic heterocycles. The number of methoxy groups -OCH3 is 1. The highest BCUT2D eigenvalue weighted by atomic mass is 16.6. The number of hydrogen-bond acceptors (Lipinski definition) is 7. The van der Waals surface area contributed by atoms with E-state index in [1.165, 1.54) is 0 Å². The van der Waals surface area contributed by atoms with Crippen molar-refractivity contribution in [2.75, 3.05) is 25.6 Å². The van der Waals surface area contributed by atoms with Gasteiger partial charge in [-0.1, -0.05) is 18.2 Å². The first-order valence-electron chi connectivity index (χ1n) is 10.4. The van der Waals surface area contributed by atoms with Crippen molar-refractivity contribution in [3.8, 4) is 29.1 Å². The van der Waals surface area contributed by atoms with Crippen LogP contribution < -0.4 is 19.5 Å². The molecule has 0 unspecified atom stereocenters. The van der Waals surface area contributed by atoms with Gasteiger partial charge in [0.25, 0.3) is 0 Å². The molecule has 4 rings (SSSR count). The van der Waals surface area contributed by atoms with Gasteiger partial charge in [-0.15, -0.1) is 0 Å². The van der Waals surface area contributed by atoms with Gasteiger partial charge in [0.15, 0.2) is 0 Å².